The maximum Gasteiger partial charge on any atom is 0.412 e. The lowest BCUT2D eigenvalue weighted by Gasteiger charge is -2.48. The summed E-state index contributed by atoms with van der Waals surface area (Å²) in [5, 5.41) is 9.70. The number of aromatic nitrogens is 2. The van der Waals surface area contributed by atoms with Gasteiger partial charge in [-0.05, 0) is 87.3 Å². The Labute approximate surface area is 355 Å². The Morgan fingerprint density at radius 1 is 0.917 bits per heavy atom. The van der Waals surface area contributed by atoms with Crippen molar-refractivity contribution in [1.82, 2.24) is 20.2 Å². The van der Waals surface area contributed by atoms with Crippen LogP contribution in [0.5, 0.6) is 0 Å². The zero-order chi connectivity index (χ0) is 43.4. The average molecular weight is 836 g/mol. The molecule has 0 aliphatic carbocycles. The molecule has 3 amide bonds. The number of carbonyl (C=O) groups excluding carboxylic acids is 3. The summed E-state index contributed by atoms with van der Waals surface area (Å²) in [7, 11) is -0.153. The molecular formula is C46H61N7O6Si. The van der Waals surface area contributed by atoms with E-state index in [1.54, 1.807) is 18.5 Å². The summed E-state index contributed by atoms with van der Waals surface area (Å²) in [6.07, 6.45) is 4.88. The van der Waals surface area contributed by atoms with Crippen molar-refractivity contribution in [2.45, 2.75) is 97.4 Å². The number of anilines is 3. The summed E-state index contributed by atoms with van der Waals surface area (Å²) in [6.45, 7) is 21.5. The van der Waals surface area contributed by atoms with E-state index in [0.29, 0.717) is 30.0 Å². The zero-order valence-electron chi connectivity index (χ0n) is 36.7. The molecule has 0 spiro atoms. The summed E-state index contributed by atoms with van der Waals surface area (Å²) in [5.74, 6) is -0.556. The predicted molar refractivity (Wildman–Crippen MR) is 241 cm³/mol. The van der Waals surface area contributed by atoms with Gasteiger partial charge in [-0.15, -0.1) is 0 Å². The van der Waals surface area contributed by atoms with Crippen LogP contribution in [-0.2, 0) is 20.5 Å². The first-order chi connectivity index (χ1) is 28.3. The van der Waals surface area contributed by atoms with Crippen molar-refractivity contribution in [2.75, 3.05) is 48.8 Å². The second kappa shape index (κ2) is 18.1. The van der Waals surface area contributed by atoms with Crippen LogP contribution in [-0.4, -0.2) is 92.3 Å². The number of piperidine rings is 1. The van der Waals surface area contributed by atoms with Crippen molar-refractivity contribution in [3.63, 3.8) is 0 Å². The number of rotatable bonds is 10. The Hall–Kier alpha value is -5.31. The third kappa shape index (κ3) is 11.1. The van der Waals surface area contributed by atoms with Crippen LogP contribution >= 0.6 is 0 Å². The van der Waals surface area contributed by atoms with Crippen LogP contribution in [0.1, 0.15) is 76.5 Å². The van der Waals surface area contributed by atoms with Crippen LogP contribution in [0.25, 0.3) is 16.5 Å². The fraction of sp³-hybridized carbons (Fsp3) is 0.457. The monoisotopic (exact) mass is 835 g/mol. The summed E-state index contributed by atoms with van der Waals surface area (Å²) < 4.78 is 18.3. The maximum absolute atomic E-state index is 14.5. The number of nitrogens with zero attached hydrogens (tertiary/aromatic N) is 4. The molecule has 0 bridgehead atoms. The minimum absolute atomic E-state index is 0.0155. The number of amides is 3. The minimum Gasteiger partial charge on any atom is -0.444 e. The van der Waals surface area contributed by atoms with E-state index in [9.17, 15) is 14.4 Å². The number of fused-ring (bicyclic) bond motifs is 1. The van der Waals surface area contributed by atoms with Crippen LogP contribution in [0.3, 0.4) is 0 Å². The van der Waals surface area contributed by atoms with E-state index < -0.39 is 38.1 Å². The Balaban J connectivity index is 1.31. The number of benzene rings is 2. The van der Waals surface area contributed by atoms with E-state index in [0.717, 1.165) is 36.0 Å². The van der Waals surface area contributed by atoms with Gasteiger partial charge in [-0.25, -0.2) is 14.6 Å². The highest BCUT2D eigenvalue weighted by Gasteiger charge is 2.45. The fourth-order valence-electron chi connectivity index (χ4n) is 7.24. The predicted octanol–water partition coefficient (Wildman–Crippen LogP) is 9.09. The molecule has 14 heteroatoms. The third-order valence-electron chi connectivity index (χ3n) is 11.5. The molecule has 2 aliphatic heterocycles. The highest BCUT2D eigenvalue weighted by atomic mass is 28.4. The molecular weight excluding hydrogens is 775 g/mol. The van der Waals surface area contributed by atoms with E-state index in [1.807, 2.05) is 75.4 Å². The van der Waals surface area contributed by atoms with Gasteiger partial charge in [0.1, 0.15) is 12.2 Å². The van der Waals surface area contributed by atoms with Crippen LogP contribution in [0.15, 0.2) is 79.1 Å². The molecule has 4 aromatic rings. The number of carbonyl (C=O) groups is 3. The number of nitrogens with one attached hydrogen (secondary N) is 3. The number of hydrogen-bond donors (Lipinski definition) is 3. The molecule has 4 heterocycles. The lowest BCUT2D eigenvalue weighted by Crippen LogP contribution is -2.63. The topological polar surface area (TPSA) is 147 Å². The van der Waals surface area contributed by atoms with Gasteiger partial charge >= 0.3 is 12.2 Å². The van der Waals surface area contributed by atoms with Gasteiger partial charge < -0.3 is 34.3 Å². The third-order valence-corrected chi connectivity index (χ3v) is 15.9. The Kier molecular flexibility index (Phi) is 13.4. The van der Waals surface area contributed by atoms with Crippen LogP contribution in [0, 0.1) is 5.92 Å². The van der Waals surface area contributed by atoms with Crippen LogP contribution in [0.2, 0.25) is 18.1 Å². The normalized spacial score (nSPS) is 19.0. The van der Waals surface area contributed by atoms with Gasteiger partial charge in [-0.1, -0.05) is 76.2 Å². The van der Waals surface area contributed by atoms with Crippen molar-refractivity contribution in [2.24, 2.45) is 5.92 Å². The summed E-state index contributed by atoms with van der Waals surface area (Å²) in [6, 6.07) is 18.5. The van der Waals surface area contributed by atoms with Gasteiger partial charge in [0.05, 0.1) is 40.9 Å². The molecule has 3 N–H and O–H groups in total. The SMILES string of the molecule is CC1CN(c2ccncc2NC(=O)c2nc3cc(C4=CCN(C)CC4)ccc3cc2NC(=O)OCc2ccccc2)CC(NC(=O)OC(C)(C)C)C1O[Si](C)(C)C(C)(C)C. The van der Waals surface area contributed by atoms with E-state index in [-0.39, 0.29) is 35.0 Å². The molecule has 320 valence electrons. The van der Waals surface area contributed by atoms with Crippen molar-refractivity contribution >= 4 is 59.9 Å². The van der Waals surface area contributed by atoms with E-state index in [1.165, 1.54) is 5.57 Å². The number of likely N-dealkylation sites (N-methyl/N-ethyl adjacent to an activating group) is 1. The number of ether oxygens (including phenoxy) is 2. The molecule has 3 atom stereocenters. The molecule has 2 aromatic heterocycles. The molecule has 2 aliphatic rings. The van der Waals surface area contributed by atoms with Crippen molar-refractivity contribution in [3.8, 4) is 0 Å². The smallest absolute Gasteiger partial charge is 0.412 e. The molecule has 60 heavy (non-hydrogen) atoms. The Bertz CT molecular complexity index is 2220. The molecule has 13 nitrogen and oxygen atoms in total. The van der Waals surface area contributed by atoms with Gasteiger partial charge in [0, 0.05) is 43.7 Å². The largest absolute Gasteiger partial charge is 0.444 e. The quantitative estimate of drug-likeness (QED) is 0.132. The molecule has 1 saturated heterocycles. The van der Waals surface area contributed by atoms with Gasteiger partial charge in [-0.2, -0.15) is 0 Å². The van der Waals surface area contributed by atoms with Crippen LogP contribution < -0.4 is 20.9 Å². The second-order valence-electron chi connectivity index (χ2n) is 18.5. The number of hydrogen-bond acceptors (Lipinski definition) is 10. The molecule has 0 radical (unpaired) electrons. The second-order valence-corrected chi connectivity index (χ2v) is 23.3. The van der Waals surface area contributed by atoms with Gasteiger partial charge in [0.25, 0.3) is 5.91 Å². The van der Waals surface area contributed by atoms with Crippen molar-refractivity contribution in [3.05, 3.63) is 96.0 Å². The zero-order valence-corrected chi connectivity index (χ0v) is 37.7. The summed E-state index contributed by atoms with van der Waals surface area (Å²) in [4.78, 5) is 54.6. The van der Waals surface area contributed by atoms with E-state index in [4.69, 9.17) is 18.9 Å². The highest BCUT2D eigenvalue weighted by Crippen LogP contribution is 2.40. The van der Waals surface area contributed by atoms with Gasteiger partial charge in [-0.3, -0.25) is 15.1 Å². The highest BCUT2D eigenvalue weighted by molar-refractivity contribution is 6.74. The van der Waals surface area contributed by atoms with Crippen molar-refractivity contribution < 1.29 is 28.3 Å². The minimum atomic E-state index is -2.25. The van der Waals surface area contributed by atoms with Gasteiger partial charge in [0.2, 0.25) is 0 Å². The van der Waals surface area contributed by atoms with Crippen molar-refractivity contribution in [1.29, 1.82) is 0 Å². The first-order valence-corrected chi connectivity index (χ1v) is 23.7. The molecule has 0 saturated carbocycles. The molecule has 6 rings (SSSR count). The van der Waals surface area contributed by atoms with Crippen LogP contribution in [0.4, 0.5) is 26.7 Å². The molecule has 1 fully saturated rings. The first kappa shape index (κ1) is 44.2. The summed E-state index contributed by atoms with van der Waals surface area (Å²) >= 11 is 0. The fourth-order valence-corrected chi connectivity index (χ4v) is 8.67. The average Bonchev–Trinajstić information content (AvgIpc) is 3.17. The maximum atomic E-state index is 14.5. The molecule has 3 unspecified atom stereocenters. The number of alkyl carbamates (subject to hydrolysis) is 1. The summed E-state index contributed by atoms with van der Waals surface area (Å²) in [5.41, 5.74) is 4.39. The van der Waals surface area contributed by atoms with E-state index >= 15 is 0 Å². The molecule has 2 aromatic carbocycles. The standard InChI is InChI=1S/C46H61N7O6Si/c1-30-27-53(28-38(51-44(56)58-45(2,3)4)41(30)59-60(9,10)46(5,6)7)39-18-21-47-26-37(39)49-42(54)40-36(50-43(55)57-29-31-14-12-11-13-15-31)25-34-17-16-33(24-35(34)48-40)32-19-22-52(8)23-20-32/h11-19,21,24-26,30,38,41H,20,22-23,27-29H2,1-10H3,(H,49,54)(H,50,55)(H,51,56). The van der Waals surface area contributed by atoms with Gasteiger partial charge in [0.15, 0.2) is 14.0 Å². The lowest BCUT2D eigenvalue weighted by molar-refractivity contribution is 0.0336. The number of pyridine rings is 2. The first-order valence-electron chi connectivity index (χ1n) is 20.7. The Morgan fingerprint density at radius 3 is 2.35 bits per heavy atom. The van der Waals surface area contributed by atoms with E-state index in [2.05, 4.69) is 84.6 Å². The Morgan fingerprint density at radius 2 is 1.67 bits per heavy atom. The lowest BCUT2D eigenvalue weighted by atomic mass is 9.92.